The minimum atomic E-state index is -0.167. The van der Waals surface area contributed by atoms with Gasteiger partial charge < -0.3 is 19.7 Å². The molecule has 0 saturated carbocycles. The molecule has 1 aliphatic rings. The highest BCUT2D eigenvalue weighted by molar-refractivity contribution is 5.94. The van der Waals surface area contributed by atoms with E-state index in [0.29, 0.717) is 43.6 Å². The number of amides is 1. The van der Waals surface area contributed by atoms with Crippen LogP contribution in [0.4, 0.5) is 5.95 Å². The average molecular weight is 357 g/mol. The predicted molar refractivity (Wildman–Crippen MR) is 96.4 cm³/mol. The van der Waals surface area contributed by atoms with E-state index in [1.54, 1.807) is 0 Å². The number of morpholine rings is 1. The summed E-state index contributed by atoms with van der Waals surface area (Å²) in [5, 5.41) is 2.84. The van der Waals surface area contributed by atoms with Gasteiger partial charge in [0, 0.05) is 18.7 Å². The number of aryl methyl sites for hydroxylation is 1. The Morgan fingerprint density at radius 3 is 2.58 bits per heavy atom. The zero-order valence-electron chi connectivity index (χ0n) is 15.1. The van der Waals surface area contributed by atoms with Crippen LogP contribution in [-0.2, 0) is 17.7 Å². The molecule has 1 aromatic carbocycles. The van der Waals surface area contributed by atoms with Gasteiger partial charge in [-0.25, -0.2) is 0 Å². The zero-order chi connectivity index (χ0) is 18.4. The number of aromatic nitrogens is 3. The number of hydrogen-bond donors (Lipinski definition) is 1. The molecule has 26 heavy (non-hydrogen) atoms. The molecule has 1 aliphatic heterocycles. The number of rotatable bonds is 6. The van der Waals surface area contributed by atoms with Crippen LogP contribution in [0.5, 0.6) is 6.01 Å². The number of nitrogens with one attached hydrogen (secondary N) is 1. The highest BCUT2D eigenvalue weighted by Gasteiger charge is 2.17. The van der Waals surface area contributed by atoms with Crippen molar-refractivity contribution in [2.75, 3.05) is 38.3 Å². The van der Waals surface area contributed by atoms with Crippen LogP contribution in [0.15, 0.2) is 24.3 Å². The molecule has 8 nitrogen and oxygen atoms in total. The molecule has 3 rings (SSSR count). The Hall–Kier alpha value is -2.74. The van der Waals surface area contributed by atoms with Crippen molar-refractivity contribution >= 4 is 11.9 Å². The maximum absolute atomic E-state index is 12.3. The predicted octanol–water partition coefficient (Wildman–Crippen LogP) is 1.21. The summed E-state index contributed by atoms with van der Waals surface area (Å²) < 4.78 is 10.5. The maximum Gasteiger partial charge on any atom is 0.321 e. The summed E-state index contributed by atoms with van der Waals surface area (Å²) in [6, 6.07) is 7.79. The summed E-state index contributed by atoms with van der Waals surface area (Å²) in [4.78, 5) is 27.3. The van der Waals surface area contributed by atoms with Gasteiger partial charge >= 0.3 is 6.01 Å². The van der Waals surface area contributed by atoms with Gasteiger partial charge in [0.15, 0.2) is 5.82 Å². The molecule has 1 aromatic heterocycles. The van der Waals surface area contributed by atoms with Crippen molar-refractivity contribution < 1.29 is 14.3 Å². The number of methoxy groups -OCH3 is 1. The summed E-state index contributed by atoms with van der Waals surface area (Å²) in [6.07, 6.45) is 0.941. The third-order valence-corrected chi connectivity index (χ3v) is 4.16. The van der Waals surface area contributed by atoms with Gasteiger partial charge in [0.2, 0.25) is 5.95 Å². The maximum atomic E-state index is 12.3. The van der Waals surface area contributed by atoms with Gasteiger partial charge in [-0.1, -0.05) is 19.1 Å². The molecule has 2 aromatic rings. The second kappa shape index (κ2) is 8.57. The van der Waals surface area contributed by atoms with Crippen molar-refractivity contribution in [1.29, 1.82) is 0 Å². The van der Waals surface area contributed by atoms with Crippen LogP contribution in [0.2, 0.25) is 0 Å². The van der Waals surface area contributed by atoms with Crippen LogP contribution in [0.25, 0.3) is 0 Å². The molecule has 0 radical (unpaired) electrons. The van der Waals surface area contributed by atoms with Gasteiger partial charge in [0.05, 0.1) is 26.9 Å². The molecule has 0 aliphatic carbocycles. The van der Waals surface area contributed by atoms with E-state index in [1.807, 2.05) is 29.2 Å². The second-order valence-electron chi connectivity index (χ2n) is 5.87. The summed E-state index contributed by atoms with van der Waals surface area (Å²) in [7, 11) is 1.51. The number of carbonyl (C=O) groups is 1. The van der Waals surface area contributed by atoms with Crippen LogP contribution >= 0.6 is 0 Å². The largest absolute Gasteiger partial charge is 0.467 e. The van der Waals surface area contributed by atoms with Crippen molar-refractivity contribution in [2.24, 2.45) is 0 Å². The fourth-order valence-electron chi connectivity index (χ4n) is 2.61. The Morgan fingerprint density at radius 2 is 1.92 bits per heavy atom. The zero-order valence-corrected chi connectivity index (χ0v) is 15.1. The molecule has 1 saturated heterocycles. The normalized spacial score (nSPS) is 14.2. The molecule has 138 valence electrons. The van der Waals surface area contributed by atoms with Crippen LogP contribution in [-0.4, -0.2) is 54.3 Å². The minimum absolute atomic E-state index is 0.167. The van der Waals surface area contributed by atoms with Crippen molar-refractivity contribution in [3.05, 3.63) is 41.2 Å². The lowest BCUT2D eigenvalue weighted by Gasteiger charge is -2.26. The Kier molecular flexibility index (Phi) is 5.96. The van der Waals surface area contributed by atoms with Crippen molar-refractivity contribution in [3.63, 3.8) is 0 Å². The summed E-state index contributed by atoms with van der Waals surface area (Å²) in [5.74, 6) is 0.827. The molecule has 1 amide bonds. The molecule has 0 atom stereocenters. The number of hydrogen-bond acceptors (Lipinski definition) is 7. The van der Waals surface area contributed by atoms with Gasteiger partial charge in [0.1, 0.15) is 0 Å². The second-order valence-corrected chi connectivity index (χ2v) is 5.87. The first-order valence-corrected chi connectivity index (χ1v) is 8.68. The van der Waals surface area contributed by atoms with E-state index < -0.39 is 0 Å². The third kappa shape index (κ3) is 4.45. The Balaban J connectivity index is 1.68. The number of nitrogens with zero attached hydrogens (tertiary/aromatic N) is 4. The SMILES string of the molecule is CCc1ccc(C(=O)NCc2nc(OC)nc(N3CCOCC3)n2)cc1. The van der Waals surface area contributed by atoms with Crippen LogP contribution in [0.3, 0.4) is 0 Å². The van der Waals surface area contributed by atoms with E-state index in [-0.39, 0.29) is 18.5 Å². The minimum Gasteiger partial charge on any atom is -0.467 e. The Labute approximate surface area is 152 Å². The molecule has 0 bridgehead atoms. The molecular formula is C18H23N5O3. The van der Waals surface area contributed by atoms with Gasteiger partial charge in [-0.2, -0.15) is 15.0 Å². The number of ether oxygens (including phenoxy) is 2. The van der Waals surface area contributed by atoms with Crippen LogP contribution in [0, 0.1) is 0 Å². The quantitative estimate of drug-likeness (QED) is 0.831. The van der Waals surface area contributed by atoms with Crippen LogP contribution in [0.1, 0.15) is 28.7 Å². The fraction of sp³-hybridized carbons (Fsp3) is 0.444. The number of carbonyl (C=O) groups excluding carboxylic acids is 1. The van der Waals surface area contributed by atoms with Gasteiger partial charge in [-0.15, -0.1) is 0 Å². The van der Waals surface area contributed by atoms with E-state index in [4.69, 9.17) is 9.47 Å². The molecule has 1 fully saturated rings. The highest BCUT2D eigenvalue weighted by Crippen LogP contribution is 2.14. The van der Waals surface area contributed by atoms with Gasteiger partial charge in [0.25, 0.3) is 5.91 Å². The highest BCUT2D eigenvalue weighted by atomic mass is 16.5. The Bertz CT molecular complexity index is 745. The average Bonchev–Trinajstić information content (AvgIpc) is 2.72. The smallest absolute Gasteiger partial charge is 0.321 e. The molecule has 8 heteroatoms. The number of anilines is 1. The summed E-state index contributed by atoms with van der Waals surface area (Å²) in [5.41, 5.74) is 1.80. The van der Waals surface area contributed by atoms with E-state index in [2.05, 4.69) is 27.2 Å². The fourth-order valence-corrected chi connectivity index (χ4v) is 2.61. The topological polar surface area (TPSA) is 89.5 Å². The van der Waals surface area contributed by atoms with Crippen molar-refractivity contribution in [2.45, 2.75) is 19.9 Å². The first-order chi connectivity index (χ1) is 12.7. The monoisotopic (exact) mass is 357 g/mol. The van der Waals surface area contributed by atoms with Gasteiger partial charge in [-0.05, 0) is 24.1 Å². The third-order valence-electron chi connectivity index (χ3n) is 4.16. The molecule has 0 spiro atoms. The van der Waals surface area contributed by atoms with E-state index in [1.165, 1.54) is 12.7 Å². The molecule has 1 N–H and O–H groups in total. The van der Waals surface area contributed by atoms with Gasteiger partial charge in [-0.3, -0.25) is 4.79 Å². The Morgan fingerprint density at radius 1 is 1.19 bits per heavy atom. The van der Waals surface area contributed by atoms with E-state index in [9.17, 15) is 4.79 Å². The van der Waals surface area contributed by atoms with Crippen molar-refractivity contribution in [3.8, 4) is 6.01 Å². The lowest BCUT2D eigenvalue weighted by molar-refractivity contribution is 0.0949. The van der Waals surface area contributed by atoms with Crippen molar-refractivity contribution in [1.82, 2.24) is 20.3 Å². The first-order valence-electron chi connectivity index (χ1n) is 8.68. The van der Waals surface area contributed by atoms with E-state index in [0.717, 1.165) is 6.42 Å². The van der Waals surface area contributed by atoms with E-state index >= 15 is 0 Å². The number of benzene rings is 1. The summed E-state index contributed by atoms with van der Waals surface area (Å²) in [6.45, 7) is 4.97. The summed E-state index contributed by atoms with van der Waals surface area (Å²) >= 11 is 0. The lowest BCUT2D eigenvalue weighted by Crippen LogP contribution is -2.37. The molecular weight excluding hydrogens is 334 g/mol. The standard InChI is InChI=1S/C18H23N5O3/c1-3-13-4-6-14(7-5-13)16(24)19-12-15-20-17(22-18(21-15)25-2)23-8-10-26-11-9-23/h4-7H,3,8-12H2,1-2H3,(H,19,24). The molecule has 0 unspecified atom stereocenters. The molecule has 2 heterocycles. The first kappa shape index (κ1) is 18.1. The lowest BCUT2D eigenvalue weighted by atomic mass is 10.1. The van der Waals surface area contributed by atoms with Crippen LogP contribution < -0.4 is 15.0 Å².